The van der Waals surface area contributed by atoms with Crippen LogP contribution < -0.4 is 9.30 Å². The normalized spacial score (nSPS) is 13.1. The molecule has 0 atom stereocenters. The topological polar surface area (TPSA) is 154 Å². The van der Waals surface area contributed by atoms with Crippen LogP contribution in [0.1, 0.15) is 106 Å². The Morgan fingerprint density at radius 2 is 1.15 bits per heavy atom. The molecule has 11 rings (SSSR count). The molecule has 0 spiro atoms. The SMILES string of the molecule is CCC(CC)N1C(=O)c2ccc3c4c(OCCOC)cc5c6c(ccc(c7c(C#Cc8ccc(-c9cc(-c%10ccccn%10)nc(-c%10cccc[n+]%10C)c9)cc8)cc(c2c37)C1=O)c64)C(=O)N(C(CC)CC)C5=O.O.[Ag]. The van der Waals surface area contributed by atoms with Crippen LogP contribution >= 0.6 is 0 Å². The van der Waals surface area contributed by atoms with Crippen LogP contribution in [0.5, 0.6) is 5.75 Å². The minimum atomic E-state index is -0.372. The fraction of sp³-hybridized carbons (Fsp3) is 0.230. The molecule has 13 heteroatoms. The van der Waals surface area contributed by atoms with E-state index >= 15 is 0 Å². The Hall–Kier alpha value is -7.63. The van der Waals surface area contributed by atoms with Crippen molar-refractivity contribution >= 4 is 66.7 Å². The summed E-state index contributed by atoms with van der Waals surface area (Å²) in [6.07, 6.45) is 6.21. The number of amides is 4. The summed E-state index contributed by atoms with van der Waals surface area (Å²) in [5, 5.41) is 5.31. The molecule has 0 fully saturated rings. The molecule has 12 nitrogen and oxygen atoms in total. The minimum absolute atomic E-state index is 0. The van der Waals surface area contributed by atoms with E-state index in [0.717, 1.165) is 44.9 Å². The van der Waals surface area contributed by atoms with Crippen molar-refractivity contribution < 1.29 is 61.1 Å². The van der Waals surface area contributed by atoms with Gasteiger partial charge in [-0.2, -0.15) is 4.57 Å². The third-order valence-corrected chi connectivity index (χ3v) is 14.7. The van der Waals surface area contributed by atoms with E-state index in [-0.39, 0.29) is 70.2 Å². The third kappa shape index (κ3) is 8.22. The van der Waals surface area contributed by atoms with Gasteiger partial charge in [0.15, 0.2) is 6.20 Å². The van der Waals surface area contributed by atoms with Gasteiger partial charge in [-0.15, -0.1) is 0 Å². The van der Waals surface area contributed by atoms with E-state index in [1.165, 1.54) is 9.80 Å². The number of ether oxygens (including phenoxy) is 2. The maximum atomic E-state index is 14.9. The van der Waals surface area contributed by atoms with E-state index in [1.807, 2.05) is 137 Å². The van der Waals surface area contributed by atoms with Crippen molar-refractivity contribution in [1.29, 1.82) is 0 Å². The molecule has 0 saturated carbocycles. The first-order valence-electron chi connectivity index (χ1n) is 24.8. The van der Waals surface area contributed by atoms with Crippen LogP contribution in [-0.2, 0) is 34.2 Å². The van der Waals surface area contributed by atoms with Gasteiger partial charge in [-0.25, -0.2) is 4.98 Å². The molecule has 9 aromatic rings. The zero-order chi connectivity index (χ0) is 49.9. The number of pyridine rings is 3. The Bertz CT molecular complexity index is 3780. The summed E-state index contributed by atoms with van der Waals surface area (Å²) in [6.45, 7) is 8.43. The van der Waals surface area contributed by atoms with Gasteiger partial charge in [0.25, 0.3) is 23.6 Å². The fourth-order valence-electron chi connectivity index (χ4n) is 11.0. The van der Waals surface area contributed by atoms with Gasteiger partial charge in [0.2, 0.25) is 5.69 Å². The number of benzene rings is 6. The van der Waals surface area contributed by atoms with Crippen molar-refractivity contribution in [3.63, 3.8) is 0 Å². The molecule has 0 bridgehead atoms. The van der Waals surface area contributed by atoms with Gasteiger partial charge in [-0.05, 0) is 114 Å². The molecule has 5 heterocycles. The second-order valence-electron chi connectivity index (χ2n) is 18.6. The molecule has 3 aromatic heterocycles. The molecular weight excluding hydrogens is 1020 g/mol. The Labute approximate surface area is 444 Å². The van der Waals surface area contributed by atoms with Crippen molar-refractivity contribution in [2.24, 2.45) is 7.05 Å². The van der Waals surface area contributed by atoms with E-state index < -0.39 is 0 Å². The van der Waals surface area contributed by atoms with Gasteiger partial charge in [0, 0.05) is 120 Å². The Morgan fingerprint density at radius 1 is 0.568 bits per heavy atom. The number of aromatic nitrogens is 3. The first-order chi connectivity index (χ1) is 35.1. The number of imide groups is 2. The monoisotopic (exact) mass is 1080 g/mol. The molecule has 2 aliphatic rings. The second-order valence-corrected chi connectivity index (χ2v) is 18.6. The maximum absolute atomic E-state index is 14.9. The molecule has 0 saturated heterocycles. The number of hydrogen-bond donors (Lipinski definition) is 0. The minimum Gasteiger partial charge on any atom is -0.490 e. The molecule has 375 valence electrons. The van der Waals surface area contributed by atoms with Crippen LogP contribution in [0.15, 0.2) is 122 Å². The first kappa shape index (κ1) is 51.3. The van der Waals surface area contributed by atoms with Crippen LogP contribution in [0, 0.1) is 11.8 Å². The van der Waals surface area contributed by atoms with Gasteiger partial charge >= 0.3 is 0 Å². The third-order valence-electron chi connectivity index (χ3n) is 14.7. The van der Waals surface area contributed by atoms with Crippen LogP contribution in [0.2, 0.25) is 0 Å². The van der Waals surface area contributed by atoms with Crippen LogP contribution in [-0.4, -0.2) is 81.3 Å². The largest absolute Gasteiger partial charge is 0.490 e. The fourth-order valence-corrected chi connectivity index (χ4v) is 11.0. The van der Waals surface area contributed by atoms with Crippen molar-refractivity contribution in [2.75, 3.05) is 20.3 Å². The van der Waals surface area contributed by atoms with Gasteiger partial charge < -0.3 is 14.9 Å². The van der Waals surface area contributed by atoms with E-state index in [2.05, 4.69) is 22.9 Å². The molecule has 0 unspecified atom stereocenters. The van der Waals surface area contributed by atoms with Crippen molar-refractivity contribution in [3.05, 3.63) is 155 Å². The van der Waals surface area contributed by atoms with Gasteiger partial charge in [-0.3, -0.25) is 34.0 Å². The molecule has 6 aromatic carbocycles. The average Bonchev–Trinajstić information content (AvgIpc) is 3.41. The molecule has 74 heavy (non-hydrogen) atoms. The second kappa shape index (κ2) is 20.7. The molecule has 0 aliphatic carbocycles. The summed E-state index contributed by atoms with van der Waals surface area (Å²) < 4.78 is 14.0. The summed E-state index contributed by atoms with van der Waals surface area (Å²) in [5.74, 6) is 5.97. The summed E-state index contributed by atoms with van der Waals surface area (Å²) >= 11 is 0. The van der Waals surface area contributed by atoms with Crippen molar-refractivity contribution in [1.82, 2.24) is 19.8 Å². The van der Waals surface area contributed by atoms with Gasteiger partial charge in [-0.1, -0.05) is 69.9 Å². The number of nitrogens with zero attached hydrogens (tertiary/aromatic N) is 5. The van der Waals surface area contributed by atoms with Crippen LogP contribution in [0.25, 0.3) is 77.0 Å². The Kier molecular flexibility index (Phi) is 14.3. The van der Waals surface area contributed by atoms with Crippen molar-refractivity contribution in [2.45, 2.75) is 65.5 Å². The zero-order valence-corrected chi connectivity index (χ0v) is 43.4. The molecule has 2 N–H and O–H groups in total. The summed E-state index contributed by atoms with van der Waals surface area (Å²) in [4.78, 5) is 71.2. The van der Waals surface area contributed by atoms with E-state index in [0.29, 0.717) is 104 Å². The van der Waals surface area contributed by atoms with Crippen LogP contribution in [0.3, 0.4) is 0 Å². The summed E-state index contributed by atoms with van der Waals surface area (Å²) in [7, 11) is 3.60. The zero-order valence-electron chi connectivity index (χ0n) is 41.9. The number of hydrogen-bond acceptors (Lipinski definition) is 8. The number of methoxy groups -OCH3 is 1. The van der Waals surface area contributed by atoms with E-state index in [9.17, 15) is 19.2 Å². The maximum Gasteiger partial charge on any atom is 0.261 e. The molecular formula is C61H54AgN5O7+. The van der Waals surface area contributed by atoms with E-state index in [1.54, 1.807) is 25.4 Å². The van der Waals surface area contributed by atoms with Crippen molar-refractivity contribution in [3.8, 4) is 51.5 Å². The summed E-state index contributed by atoms with van der Waals surface area (Å²) in [6, 6.07) is 34.5. The first-order valence-corrected chi connectivity index (χ1v) is 24.8. The van der Waals surface area contributed by atoms with Gasteiger partial charge in [0.1, 0.15) is 25.1 Å². The molecule has 1 radical (unpaired) electrons. The predicted octanol–water partition coefficient (Wildman–Crippen LogP) is 10.5. The number of carbonyl (C=O) groups is 4. The average molecular weight is 1080 g/mol. The summed E-state index contributed by atoms with van der Waals surface area (Å²) in [5.41, 5.74) is 8.15. The number of aryl methyl sites for hydroxylation is 1. The smallest absolute Gasteiger partial charge is 0.261 e. The Morgan fingerprint density at radius 3 is 1.74 bits per heavy atom. The van der Waals surface area contributed by atoms with Gasteiger partial charge in [0.05, 0.1) is 23.6 Å². The predicted molar refractivity (Wildman–Crippen MR) is 284 cm³/mol. The van der Waals surface area contributed by atoms with Crippen LogP contribution in [0.4, 0.5) is 0 Å². The standard InChI is InChI=1S/C61H52N5O6.Ag.H2O/c1-7-39(8-2)65-58(67)43-26-24-42-55-51(72-30-29-71-6)34-46-54-44(59(68)66(61(46)70)40(9-3)10-4)25-23-41(57(54)55)52-37(31-45(60(65)69)53(43)56(42)52)22-19-35-17-20-36(21-18-35)38-32-48(47-15-11-13-27-62-47)63-49(33-38)50-16-12-14-28-64(50)5;;/h11-18,20-21,23-28,31-34,39-40H,7-10,29-30H2,1-6H3;;1H2/q+1;;. The Balaban J connectivity index is 0.00000336. The number of fused-ring (bicyclic) bond motifs is 2. The number of rotatable bonds is 13. The quantitative estimate of drug-likeness (QED) is 0.0210. The molecule has 2 aliphatic heterocycles. The molecule has 4 amide bonds. The van der Waals surface area contributed by atoms with E-state index in [4.69, 9.17) is 14.5 Å². The number of carbonyl (C=O) groups excluding carboxylic acids is 4.